The molecule has 0 radical (unpaired) electrons. The van der Waals surface area contributed by atoms with Crippen molar-refractivity contribution in [1.29, 1.82) is 21.0 Å². The van der Waals surface area contributed by atoms with Crippen molar-refractivity contribution in [2.24, 2.45) is 0 Å². The molecule has 6 heteroatoms. The second-order valence-corrected chi connectivity index (χ2v) is 3.96. The summed E-state index contributed by atoms with van der Waals surface area (Å²) in [6.45, 7) is 2.79. The number of nitrogens with zero attached hydrogens (tertiary/aromatic N) is 6. The normalized spacial score (nSPS) is 10.6. The molecule has 0 aliphatic rings. The Kier molecular flexibility index (Phi) is 3.27. The van der Waals surface area contributed by atoms with Gasteiger partial charge in [-0.25, -0.2) is 9.97 Å². The molecular formula is C12H8N6. The first-order valence-corrected chi connectivity index (χ1v) is 4.95. The van der Waals surface area contributed by atoms with E-state index in [0.717, 1.165) is 0 Å². The molecule has 0 aliphatic heterocycles. The fourth-order valence-corrected chi connectivity index (χ4v) is 1.14. The monoisotopic (exact) mass is 236 g/mol. The maximum absolute atomic E-state index is 8.98. The highest BCUT2D eigenvalue weighted by Gasteiger charge is 2.33. The Morgan fingerprint density at radius 2 is 1.44 bits per heavy atom. The molecule has 6 nitrogen and oxygen atoms in total. The Morgan fingerprint density at radius 3 is 1.89 bits per heavy atom. The quantitative estimate of drug-likeness (QED) is 0.757. The molecule has 0 N–H and O–H groups in total. The molecule has 1 rings (SSSR count). The molecule has 86 valence electrons. The molecule has 0 saturated heterocycles. The molecule has 0 amide bonds. The second kappa shape index (κ2) is 4.50. The van der Waals surface area contributed by atoms with Gasteiger partial charge in [0, 0.05) is 6.20 Å². The molecule has 0 fully saturated rings. The second-order valence-electron chi connectivity index (χ2n) is 3.96. The van der Waals surface area contributed by atoms with Gasteiger partial charge in [-0.15, -0.1) is 0 Å². The summed E-state index contributed by atoms with van der Waals surface area (Å²) in [6, 6.07) is 8.72. The SMILES string of the molecule is CC(C#N)(C#N)c1ccnc(C(C)(C#N)C#N)n1. The molecule has 18 heavy (non-hydrogen) atoms. The first-order valence-electron chi connectivity index (χ1n) is 4.95. The van der Waals surface area contributed by atoms with Crippen molar-refractivity contribution in [3.05, 3.63) is 23.8 Å². The van der Waals surface area contributed by atoms with E-state index in [9.17, 15) is 0 Å². The van der Waals surface area contributed by atoms with Crippen molar-refractivity contribution >= 4 is 0 Å². The van der Waals surface area contributed by atoms with Gasteiger partial charge < -0.3 is 0 Å². The minimum Gasteiger partial charge on any atom is -0.239 e. The standard InChI is InChI=1S/C12H8N6/c1-11(5-13,6-14)9-3-4-17-10(18-9)12(2,7-15)8-16/h3-4H,1-2H3. The van der Waals surface area contributed by atoms with E-state index in [1.807, 2.05) is 24.3 Å². The van der Waals surface area contributed by atoms with Crippen LogP contribution in [0.15, 0.2) is 12.3 Å². The van der Waals surface area contributed by atoms with Crippen LogP contribution in [0, 0.1) is 45.3 Å². The molecule has 0 unspecified atom stereocenters. The molecule has 0 saturated carbocycles. The zero-order valence-corrected chi connectivity index (χ0v) is 9.84. The van der Waals surface area contributed by atoms with E-state index < -0.39 is 10.8 Å². The molecule has 0 bridgehead atoms. The highest BCUT2D eigenvalue weighted by Crippen LogP contribution is 2.23. The summed E-state index contributed by atoms with van der Waals surface area (Å²) >= 11 is 0. The molecule has 1 heterocycles. The van der Waals surface area contributed by atoms with E-state index in [4.69, 9.17) is 21.0 Å². The summed E-state index contributed by atoms with van der Waals surface area (Å²) in [4.78, 5) is 7.86. The first-order chi connectivity index (χ1) is 8.45. The van der Waals surface area contributed by atoms with Crippen molar-refractivity contribution in [3.8, 4) is 24.3 Å². The van der Waals surface area contributed by atoms with Crippen molar-refractivity contribution in [3.63, 3.8) is 0 Å². The minimum absolute atomic E-state index is 0.0123. The van der Waals surface area contributed by atoms with Crippen LogP contribution in [0.1, 0.15) is 25.4 Å². The third-order valence-electron chi connectivity index (χ3n) is 2.51. The van der Waals surface area contributed by atoms with Gasteiger partial charge >= 0.3 is 0 Å². The first kappa shape index (κ1) is 13.1. The van der Waals surface area contributed by atoms with E-state index in [2.05, 4.69) is 9.97 Å². The van der Waals surface area contributed by atoms with Crippen LogP contribution >= 0.6 is 0 Å². The van der Waals surface area contributed by atoms with Crippen LogP contribution in [-0.4, -0.2) is 9.97 Å². The van der Waals surface area contributed by atoms with E-state index in [-0.39, 0.29) is 11.5 Å². The lowest BCUT2D eigenvalue weighted by atomic mass is 9.89. The van der Waals surface area contributed by atoms with E-state index in [0.29, 0.717) is 0 Å². The van der Waals surface area contributed by atoms with Crippen molar-refractivity contribution in [2.45, 2.75) is 24.7 Å². The van der Waals surface area contributed by atoms with Gasteiger partial charge in [-0.3, -0.25) is 0 Å². The van der Waals surface area contributed by atoms with E-state index >= 15 is 0 Å². The highest BCUT2D eigenvalue weighted by atomic mass is 14.9. The Balaban J connectivity index is 3.44. The minimum atomic E-state index is -1.50. The highest BCUT2D eigenvalue weighted by molar-refractivity contribution is 5.36. The smallest absolute Gasteiger partial charge is 0.199 e. The van der Waals surface area contributed by atoms with E-state index in [1.165, 1.54) is 26.1 Å². The van der Waals surface area contributed by atoms with Crippen LogP contribution in [-0.2, 0) is 10.8 Å². The lowest BCUT2D eigenvalue weighted by Crippen LogP contribution is -2.25. The van der Waals surface area contributed by atoms with Gasteiger partial charge in [-0.2, -0.15) is 21.0 Å². The summed E-state index contributed by atoms with van der Waals surface area (Å²) < 4.78 is 0. The maximum atomic E-state index is 8.98. The molecule has 0 spiro atoms. The number of aromatic nitrogens is 2. The van der Waals surface area contributed by atoms with Gasteiger partial charge in [0.2, 0.25) is 0 Å². The molecule has 1 aromatic rings. The van der Waals surface area contributed by atoms with Crippen molar-refractivity contribution < 1.29 is 0 Å². The van der Waals surface area contributed by atoms with Crippen LogP contribution in [0.5, 0.6) is 0 Å². The maximum Gasteiger partial charge on any atom is 0.199 e. The average Bonchev–Trinajstić information content (AvgIpc) is 2.45. The fraction of sp³-hybridized carbons (Fsp3) is 0.333. The third-order valence-corrected chi connectivity index (χ3v) is 2.51. The van der Waals surface area contributed by atoms with E-state index in [1.54, 1.807) is 0 Å². The molecule has 0 aromatic carbocycles. The zero-order chi connectivity index (χ0) is 13.8. The summed E-state index contributed by atoms with van der Waals surface area (Å²) in [7, 11) is 0. The van der Waals surface area contributed by atoms with Crippen molar-refractivity contribution in [2.75, 3.05) is 0 Å². The molecule has 0 atom stereocenters. The third kappa shape index (κ3) is 1.96. The molecule has 1 aromatic heterocycles. The van der Waals surface area contributed by atoms with Gasteiger partial charge in [0.1, 0.15) is 0 Å². The van der Waals surface area contributed by atoms with Gasteiger partial charge in [-0.05, 0) is 19.9 Å². The van der Waals surface area contributed by atoms with Crippen LogP contribution in [0.4, 0.5) is 0 Å². The largest absolute Gasteiger partial charge is 0.239 e. The van der Waals surface area contributed by atoms with Gasteiger partial charge in [0.25, 0.3) is 0 Å². The summed E-state index contributed by atoms with van der Waals surface area (Å²) in [5.74, 6) is -0.0123. The Morgan fingerprint density at radius 1 is 0.944 bits per heavy atom. The lowest BCUT2D eigenvalue weighted by molar-refractivity contribution is 0.672. The number of hydrogen-bond donors (Lipinski definition) is 0. The summed E-state index contributed by atoms with van der Waals surface area (Å²) in [5, 5.41) is 35.9. The lowest BCUT2D eigenvalue weighted by Gasteiger charge is -2.15. The van der Waals surface area contributed by atoms with Crippen LogP contribution in [0.3, 0.4) is 0 Å². The fourth-order valence-electron chi connectivity index (χ4n) is 1.14. The number of nitriles is 4. The summed E-state index contributed by atoms with van der Waals surface area (Å²) in [5.41, 5.74) is -2.75. The molecule has 0 aliphatic carbocycles. The van der Waals surface area contributed by atoms with Crippen LogP contribution in [0.2, 0.25) is 0 Å². The van der Waals surface area contributed by atoms with Gasteiger partial charge in [0.05, 0.1) is 30.0 Å². The molecular weight excluding hydrogens is 228 g/mol. The summed E-state index contributed by atoms with van der Waals surface area (Å²) in [6.07, 6.45) is 1.33. The topological polar surface area (TPSA) is 121 Å². The Labute approximate surface area is 104 Å². The van der Waals surface area contributed by atoms with Crippen molar-refractivity contribution in [1.82, 2.24) is 9.97 Å². The predicted octanol–water partition coefficient (Wildman–Crippen LogP) is 1.09. The average molecular weight is 236 g/mol. The van der Waals surface area contributed by atoms with Crippen LogP contribution in [0.25, 0.3) is 0 Å². The Bertz CT molecular complexity index is 553. The van der Waals surface area contributed by atoms with Gasteiger partial charge in [0.15, 0.2) is 16.7 Å². The van der Waals surface area contributed by atoms with Crippen LogP contribution < -0.4 is 0 Å². The predicted molar refractivity (Wildman–Crippen MR) is 59.2 cm³/mol. The zero-order valence-electron chi connectivity index (χ0n) is 9.84. The number of hydrogen-bond acceptors (Lipinski definition) is 6. The van der Waals surface area contributed by atoms with Gasteiger partial charge in [-0.1, -0.05) is 0 Å². The number of rotatable bonds is 2. The Hall–Kier alpha value is -2.96.